The van der Waals surface area contributed by atoms with Crippen LogP contribution in [0.25, 0.3) is 0 Å². The predicted molar refractivity (Wildman–Crippen MR) is 55.1 cm³/mol. The van der Waals surface area contributed by atoms with Crippen molar-refractivity contribution in [1.82, 2.24) is 25.5 Å². The Morgan fingerprint density at radius 1 is 1.73 bits per heavy atom. The lowest BCUT2D eigenvalue weighted by molar-refractivity contribution is 0.639. The predicted octanol–water partition coefficient (Wildman–Crippen LogP) is -0.0536. The second-order valence-electron chi connectivity index (χ2n) is 3.52. The van der Waals surface area contributed by atoms with Gasteiger partial charge in [-0.25, -0.2) is 4.68 Å². The Kier molecular flexibility index (Phi) is 3.18. The maximum Gasteiger partial charge on any atom is 0.209 e. The first-order valence-electron chi connectivity index (χ1n) is 4.80. The number of hydrogen-bond acceptors (Lipinski definition) is 6. The molecule has 0 aliphatic heterocycles. The Morgan fingerprint density at radius 2 is 2.53 bits per heavy atom. The van der Waals surface area contributed by atoms with Crippen LogP contribution in [0, 0.1) is 11.3 Å². The molecule has 6 nitrogen and oxygen atoms in total. The van der Waals surface area contributed by atoms with E-state index in [-0.39, 0.29) is 6.04 Å². The quantitative estimate of drug-likeness (QED) is 0.706. The van der Waals surface area contributed by atoms with Crippen molar-refractivity contribution in [2.24, 2.45) is 7.05 Å². The fourth-order valence-corrected chi connectivity index (χ4v) is 1.96. The standard InChI is InChI=1S/C8H12N6S/c1-14-8(11-12-13-14)15-5-7(4-9)10-6-2-3-6/h6-7,10H,2-3,5H2,1H3. The van der Waals surface area contributed by atoms with Crippen LogP contribution < -0.4 is 5.32 Å². The maximum atomic E-state index is 8.92. The number of nitrogens with zero attached hydrogens (tertiary/aromatic N) is 5. The molecule has 7 heteroatoms. The van der Waals surface area contributed by atoms with Crippen molar-refractivity contribution in [3.8, 4) is 6.07 Å². The molecular weight excluding hydrogens is 212 g/mol. The molecule has 0 bridgehead atoms. The van der Waals surface area contributed by atoms with Gasteiger partial charge >= 0.3 is 0 Å². The van der Waals surface area contributed by atoms with Crippen molar-refractivity contribution < 1.29 is 0 Å². The lowest BCUT2D eigenvalue weighted by Gasteiger charge is -2.08. The molecule has 1 aromatic rings. The summed E-state index contributed by atoms with van der Waals surface area (Å²) in [5.41, 5.74) is 0. The van der Waals surface area contributed by atoms with Crippen molar-refractivity contribution in [3.05, 3.63) is 0 Å². The molecule has 1 aromatic heterocycles. The highest BCUT2D eigenvalue weighted by Gasteiger charge is 2.24. The first kappa shape index (κ1) is 10.4. The van der Waals surface area contributed by atoms with E-state index in [0.29, 0.717) is 11.8 Å². The van der Waals surface area contributed by atoms with E-state index in [4.69, 9.17) is 5.26 Å². The zero-order valence-electron chi connectivity index (χ0n) is 8.42. The van der Waals surface area contributed by atoms with Gasteiger partial charge in [0.2, 0.25) is 5.16 Å². The van der Waals surface area contributed by atoms with Crippen molar-refractivity contribution in [1.29, 1.82) is 5.26 Å². The third-order valence-electron chi connectivity index (χ3n) is 2.13. The Morgan fingerprint density at radius 3 is 3.07 bits per heavy atom. The van der Waals surface area contributed by atoms with E-state index < -0.39 is 0 Å². The minimum absolute atomic E-state index is 0.112. The van der Waals surface area contributed by atoms with Gasteiger partial charge in [-0.1, -0.05) is 11.8 Å². The van der Waals surface area contributed by atoms with Crippen molar-refractivity contribution >= 4 is 11.8 Å². The summed E-state index contributed by atoms with van der Waals surface area (Å²) in [6, 6.07) is 2.68. The van der Waals surface area contributed by atoms with E-state index in [9.17, 15) is 0 Å². The molecule has 1 fully saturated rings. The fourth-order valence-electron chi connectivity index (χ4n) is 1.16. The topological polar surface area (TPSA) is 79.4 Å². The van der Waals surface area contributed by atoms with Crippen LogP contribution in [0.3, 0.4) is 0 Å². The van der Waals surface area contributed by atoms with E-state index in [1.54, 1.807) is 11.7 Å². The van der Waals surface area contributed by atoms with Gasteiger partial charge in [-0.3, -0.25) is 5.32 Å². The van der Waals surface area contributed by atoms with Crippen LogP contribution >= 0.6 is 11.8 Å². The van der Waals surface area contributed by atoms with Crippen LogP contribution in [0.1, 0.15) is 12.8 Å². The summed E-state index contributed by atoms with van der Waals surface area (Å²) in [4.78, 5) is 0. The van der Waals surface area contributed by atoms with Gasteiger partial charge in [-0.15, -0.1) is 5.10 Å². The van der Waals surface area contributed by atoms with Crippen LogP contribution in [0.4, 0.5) is 0 Å². The zero-order chi connectivity index (χ0) is 10.7. The summed E-state index contributed by atoms with van der Waals surface area (Å²) in [6.07, 6.45) is 2.38. The minimum Gasteiger partial charge on any atom is -0.298 e. The van der Waals surface area contributed by atoms with Gasteiger partial charge < -0.3 is 0 Å². The lowest BCUT2D eigenvalue weighted by Crippen LogP contribution is -2.31. The minimum atomic E-state index is -0.112. The lowest BCUT2D eigenvalue weighted by atomic mass is 10.4. The summed E-state index contributed by atoms with van der Waals surface area (Å²) in [5, 5.41) is 24.0. The second kappa shape index (κ2) is 4.59. The van der Waals surface area contributed by atoms with Crippen LogP contribution in [-0.2, 0) is 7.05 Å². The average molecular weight is 224 g/mol. The summed E-state index contributed by atoms with van der Waals surface area (Å²) in [7, 11) is 1.79. The molecule has 0 saturated heterocycles. The van der Waals surface area contributed by atoms with Gasteiger partial charge in [-0.05, 0) is 23.3 Å². The Hall–Kier alpha value is -1.13. The highest BCUT2D eigenvalue weighted by atomic mass is 32.2. The van der Waals surface area contributed by atoms with E-state index in [2.05, 4.69) is 26.9 Å². The van der Waals surface area contributed by atoms with E-state index in [1.165, 1.54) is 24.6 Å². The van der Waals surface area contributed by atoms with Gasteiger partial charge in [0.05, 0.1) is 6.07 Å². The average Bonchev–Trinajstić information content (AvgIpc) is 2.96. The third-order valence-corrected chi connectivity index (χ3v) is 3.23. The van der Waals surface area contributed by atoms with Crippen LogP contribution in [-0.4, -0.2) is 38.0 Å². The Bertz CT molecular complexity index is 365. The molecule has 1 aliphatic rings. The highest BCUT2D eigenvalue weighted by Crippen LogP contribution is 2.21. The first-order valence-corrected chi connectivity index (χ1v) is 5.79. The largest absolute Gasteiger partial charge is 0.298 e. The molecule has 1 atom stereocenters. The third kappa shape index (κ3) is 2.91. The van der Waals surface area contributed by atoms with Gasteiger partial charge in [0.15, 0.2) is 0 Å². The SMILES string of the molecule is Cn1nnnc1SCC(C#N)NC1CC1. The monoisotopic (exact) mass is 224 g/mol. The number of tetrazole rings is 1. The number of nitrogens with one attached hydrogen (secondary N) is 1. The molecule has 0 aromatic carbocycles. The van der Waals surface area contributed by atoms with Gasteiger partial charge in [0.1, 0.15) is 6.04 Å². The van der Waals surface area contributed by atoms with Crippen molar-refractivity contribution in [2.75, 3.05) is 5.75 Å². The second-order valence-corrected chi connectivity index (χ2v) is 4.51. The normalized spacial score (nSPS) is 17.3. The molecule has 2 rings (SSSR count). The molecule has 0 amide bonds. The molecule has 1 heterocycles. The molecule has 1 unspecified atom stereocenters. The molecule has 1 aliphatic carbocycles. The van der Waals surface area contributed by atoms with Crippen molar-refractivity contribution in [2.45, 2.75) is 30.1 Å². The number of thioether (sulfide) groups is 1. The first-order chi connectivity index (χ1) is 7.29. The van der Waals surface area contributed by atoms with Crippen LogP contribution in [0.2, 0.25) is 0 Å². The zero-order valence-corrected chi connectivity index (χ0v) is 9.24. The van der Waals surface area contributed by atoms with Crippen molar-refractivity contribution in [3.63, 3.8) is 0 Å². The van der Waals surface area contributed by atoms with E-state index in [0.717, 1.165) is 5.16 Å². The number of rotatable bonds is 5. The molecule has 1 saturated carbocycles. The summed E-state index contributed by atoms with van der Waals surface area (Å²) in [5.74, 6) is 0.682. The van der Waals surface area contributed by atoms with Gasteiger partial charge in [-0.2, -0.15) is 5.26 Å². The highest BCUT2D eigenvalue weighted by molar-refractivity contribution is 7.99. The van der Waals surface area contributed by atoms with Gasteiger partial charge in [0.25, 0.3) is 0 Å². The maximum absolute atomic E-state index is 8.92. The number of nitriles is 1. The molecule has 0 radical (unpaired) electrons. The smallest absolute Gasteiger partial charge is 0.209 e. The number of hydrogen-bond donors (Lipinski definition) is 1. The summed E-state index contributed by atoms with van der Waals surface area (Å²) < 4.78 is 1.61. The molecule has 1 N–H and O–H groups in total. The number of aromatic nitrogens is 4. The summed E-state index contributed by atoms with van der Waals surface area (Å²) in [6.45, 7) is 0. The Balaban J connectivity index is 1.80. The van der Waals surface area contributed by atoms with E-state index >= 15 is 0 Å². The summed E-state index contributed by atoms with van der Waals surface area (Å²) >= 11 is 1.50. The molecule has 15 heavy (non-hydrogen) atoms. The van der Waals surface area contributed by atoms with Crippen LogP contribution in [0.5, 0.6) is 0 Å². The molecular formula is C8H12N6S. The van der Waals surface area contributed by atoms with E-state index in [1.807, 2.05) is 0 Å². The Labute approximate surface area is 92.0 Å². The molecule has 80 valence electrons. The fraction of sp³-hybridized carbons (Fsp3) is 0.750. The van der Waals surface area contributed by atoms with Crippen LogP contribution in [0.15, 0.2) is 5.16 Å². The molecule has 0 spiro atoms. The number of aryl methyl sites for hydroxylation is 1. The van der Waals surface area contributed by atoms with Gasteiger partial charge in [0, 0.05) is 18.8 Å².